The Balaban J connectivity index is 1.56. The van der Waals surface area contributed by atoms with Crippen LogP contribution >= 0.6 is 23.2 Å². The van der Waals surface area contributed by atoms with Crippen LogP contribution < -0.4 is 5.32 Å². The smallest absolute Gasteiger partial charge is 0.276 e. The maximum atomic E-state index is 12.4. The van der Waals surface area contributed by atoms with Crippen LogP contribution in [-0.2, 0) is 0 Å². The fraction of sp³-hybridized carbons (Fsp3) is 0.353. The molecular weight excluding hydrogens is 365 g/mol. The number of piperidine rings is 1. The predicted octanol–water partition coefficient (Wildman–Crippen LogP) is 3.32. The first-order chi connectivity index (χ1) is 11.9. The highest BCUT2D eigenvalue weighted by Crippen LogP contribution is 2.21. The van der Waals surface area contributed by atoms with E-state index in [2.05, 4.69) is 10.5 Å². The van der Waals surface area contributed by atoms with Crippen molar-refractivity contribution in [2.24, 2.45) is 0 Å². The number of halogens is 2. The maximum absolute atomic E-state index is 12.4. The number of nitrogens with zero attached hydrogens (tertiary/aromatic N) is 2. The van der Waals surface area contributed by atoms with Gasteiger partial charge in [-0.1, -0.05) is 28.4 Å². The summed E-state index contributed by atoms with van der Waals surface area (Å²) in [5.41, 5.74) is 0.663. The van der Waals surface area contributed by atoms with Gasteiger partial charge in [0.1, 0.15) is 5.76 Å². The highest BCUT2D eigenvalue weighted by molar-refractivity contribution is 6.35. The standard InChI is InChI=1S/C17H17Cl2N3O3/c1-10-8-15(21-25-10)17(24)22-6-4-12(5-7-22)20-16(23)13-9-11(18)2-3-14(13)19/h2-3,8-9,12H,4-7H2,1H3,(H,20,23). The molecule has 2 amide bonds. The SMILES string of the molecule is Cc1cc(C(=O)N2CCC(NC(=O)c3cc(Cl)ccc3Cl)CC2)no1. The molecule has 0 unspecified atom stereocenters. The molecule has 0 aliphatic carbocycles. The van der Waals surface area contributed by atoms with Crippen molar-refractivity contribution in [1.82, 2.24) is 15.4 Å². The molecule has 1 saturated heterocycles. The van der Waals surface area contributed by atoms with E-state index in [1.165, 1.54) is 0 Å². The van der Waals surface area contributed by atoms with Crippen LogP contribution in [0.2, 0.25) is 10.0 Å². The molecule has 25 heavy (non-hydrogen) atoms. The van der Waals surface area contributed by atoms with Crippen molar-refractivity contribution in [1.29, 1.82) is 0 Å². The van der Waals surface area contributed by atoms with Gasteiger partial charge in [0.05, 0.1) is 10.6 Å². The van der Waals surface area contributed by atoms with Gasteiger partial charge in [0.2, 0.25) is 0 Å². The van der Waals surface area contributed by atoms with Crippen LogP contribution in [-0.4, -0.2) is 41.0 Å². The summed E-state index contributed by atoms with van der Waals surface area (Å²) in [6, 6.07) is 6.38. The predicted molar refractivity (Wildman–Crippen MR) is 94.1 cm³/mol. The quantitative estimate of drug-likeness (QED) is 0.884. The van der Waals surface area contributed by atoms with E-state index in [1.54, 1.807) is 36.1 Å². The molecule has 0 spiro atoms. The largest absolute Gasteiger partial charge is 0.361 e. The van der Waals surface area contributed by atoms with Gasteiger partial charge in [-0.05, 0) is 38.0 Å². The highest BCUT2D eigenvalue weighted by Gasteiger charge is 2.26. The lowest BCUT2D eigenvalue weighted by Gasteiger charge is -2.32. The Morgan fingerprint density at radius 1 is 1.24 bits per heavy atom. The third-order valence-corrected chi connectivity index (χ3v) is 4.70. The molecular formula is C17H17Cl2N3O3. The Hall–Kier alpha value is -2.05. The van der Waals surface area contributed by atoms with Crippen LogP contribution in [0.3, 0.4) is 0 Å². The number of carbonyl (C=O) groups is 2. The van der Waals surface area contributed by atoms with Crippen LogP contribution in [0, 0.1) is 6.92 Å². The number of nitrogens with one attached hydrogen (secondary N) is 1. The average molecular weight is 382 g/mol. The van der Waals surface area contributed by atoms with E-state index in [9.17, 15) is 9.59 Å². The van der Waals surface area contributed by atoms with Gasteiger partial charge in [0.25, 0.3) is 11.8 Å². The van der Waals surface area contributed by atoms with Crippen molar-refractivity contribution in [2.45, 2.75) is 25.8 Å². The van der Waals surface area contributed by atoms with Crippen LogP contribution in [0.15, 0.2) is 28.8 Å². The molecule has 0 radical (unpaired) electrons. The fourth-order valence-electron chi connectivity index (χ4n) is 2.79. The summed E-state index contributed by atoms with van der Waals surface area (Å²) >= 11 is 12.0. The van der Waals surface area contributed by atoms with E-state index in [4.69, 9.17) is 27.7 Å². The van der Waals surface area contributed by atoms with Gasteiger partial charge in [0.15, 0.2) is 5.69 Å². The first-order valence-corrected chi connectivity index (χ1v) is 8.68. The third-order valence-electron chi connectivity index (χ3n) is 4.14. The number of hydrogen-bond acceptors (Lipinski definition) is 4. The molecule has 3 rings (SSSR count). The molecule has 1 aromatic carbocycles. The molecule has 0 atom stereocenters. The Bertz CT molecular complexity index is 798. The van der Waals surface area contributed by atoms with Crippen LogP contribution in [0.4, 0.5) is 0 Å². The molecule has 1 N–H and O–H groups in total. The summed E-state index contributed by atoms with van der Waals surface area (Å²) in [6.45, 7) is 2.82. The fourth-order valence-corrected chi connectivity index (χ4v) is 3.17. The number of hydrogen-bond donors (Lipinski definition) is 1. The summed E-state index contributed by atoms with van der Waals surface area (Å²) in [5.74, 6) is 0.188. The highest BCUT2D eigenvalue weighted by atomic mass is 35.5. The van der Waals surface area contributed by atoms with E-state index >= 15 is 0 Å². The second kappa shape index (κ2) is 7.45. The number of aromatic nitrogens is 1. The zero-order valence-electron chi connectivity index (χ0n) is 13.6. The molecule has 1 aliphatic rings. The maximum Gasteiger partial charge on any atom is 0.276 e. The molecule has 8 heteroatoms. The van der Waals surface area contributed by atoms with Gasteiger partial charge in [0, 0.05) is 30.2 Å². The van der Waals surface area contributed by atoms with Crippen molar-refractivity contribution in [3.63, 3.8) is 0 Å². The number of carbonyl (C=O) groups excluding carboxylic acids is 2. The van der Waals surface area contributed by atoms with Crippen LogP contribution in [0.5, 0.6) is 0 Å². The van der Waals surface area contributed by atoms with Gasteiger partial charge in [-0.15, -0.1) is 0 Å². The molecule has 2 aromatic rings. The third kappa shape index (κ3) is 4.14. The van der Waals surface area contributed by atoms with Crippen molar-refractivity contribution < 1.29 is 14.1 Å². The Kier molecular flexibility index (Phi) is 5.30. The summed E-state index contributed by atoms with van der Waals surface area (Å²) in [4.78, 5) is 26.4. The molecule has 0 bridgehead atoms. The summed E-state index contributed by atoms with van der Waals surface area (Å²) in [7, 11) is 0. The van der Waals surface area contributed by atoms with E-state index in [0.29, 0.717) is 53.0 Å². The van der Waals surface area contributed by atoms with Crippen molar-refractivity contribution in [3.8, 4) is 0 Å². The van der Waals surface area contributed by atoms with Crippen molar-refractivity contribution >= 4 is 35.0 Å². The summed E-state index contributed by atoms with van der Waals surface area (Å²) in [6.07, 6.45) is 1.32. The number of amides is 2. The molecule has 132 valence electrons. The number of rotatable bonds is 3. The van der Waals surface area contributed by atoms with E-state index in [1.807, 2.05) is 0 Å². The van der Waals surface area contributed by atoms with E-state index < -0.39 is 0 Å². The monoisotopic (exact) mass is 381 g/mol. The Morgan fingerprint density at radius 2 is 1.96 bits per heavy atom. The molecule has 0 saturated carbocycles. The van der Waals surface area contributed by atoms with Gasteiger partial charge in [-0.25, -0.2) is 0 Å². The zero-order valence-corrected chi connectivity index (χ0v) is 15.1. The molecule has 6 nitrogen and oxygen atoms in total. The van der Waals surface area contributed by atoms with Gasteiger partial charge < -0.3 is 14.7 Å². The minimum absolute atomic E-state index is 0.0226. The minimum atomic E-state index is -0.260. The lowest BCUT2D eigenvalue weighted by molar-refractivity contribution is 0.0688. The molecule has 1 aliphatic heterocycles. The Labute approximate surface area is 155 Å². The number of likely N-dealkylation sites (tertiary alicyclic amines) is 1. The van der Waals surface area contributed by atoms with E-state index in [0.717, 1.165) is 0 Å². The van der Waals surface area contributed by atoms with Crippen LogP contribution in [0.25, 0.3) is 0 Å². The first kappa shape index (κ1) is 17.8. The van der Waals surface area contributed by atoms with Gasteiger partial charge >= 0.3 is 0 Å². The number of aryl methyl sites for hydroxylation is 1. The summed E-state index contributed by atoms with van der Waals surface area (Å²) < 4.78 is 4.94. The molecule has 2 heterocycles. The van der Waals surface area contributed by atoms with Crippen LogP contribution in [0.1, 0.15) is 39.4 Å². The van der Waals surface area contributed by atoms with Gasteiger partial charge in [-0.2, -0.15) is 0 Å². The molecule has 1 aromatic heterocycles. The minimum Gasteiger partial charge on any atom is -0.361 e. The Morgan fingerprint density at radius 3 is 2.60 bits per heavy atom. The molecule has 1 fully saturated rings. The normalized spacial score (nSPS) is 15.2. The van der Waals surface area contributed by atoms with Gasteiger partial charge in [-0.3, -0.25) is 9.59 Å². The van der Waals surface area contributed by atoms with Crippen molar-refractivity contribution in [3.05, 3.63) is 51.3 Å². The zero-order chi connectivity index (χ0) is 18.0. The number of benzene rings is 1. The average Bonchev–Trinajstić information content (AvgIpc) is 3.03. The topological polar surface area (TPSA) is 75.4 Å². The lowest BCUT2D eigenvalue weighted by Crippen LogP contribution is -2.46. The second-order valence-electron chi connectivity index (χ2n) is 5.99. The second-order valence-corrected chi connectivity index (χ2v) is 6.83. The van der Waals surface area contributed by atoms with Crippen molar-refractivity contribution in [2.75, 3.05) is 13.1 Å². The summed E-state index contributed by atoms with van der Waals surface area (Å²) in [5, 5.41) is 7.52. The lowest BCUT2D eigenvalue weighted by atomic mass is 10.0. The first-order valence-electron chi connectivity index (χ1n) is 7.92. The van der Waals surface area contributed by atoms with E-state index in [-0.39, 0.29) is 17.9 Å².